The monoisotopic (exact) mass is 261 g/mol. The van der Waals surface area contributed by atoms with Gasteiger partial charge in [-0.3, -0.25) is 16.3 Å². The molecular weight excluding hydrogens is 246 g/mol. The van der Waals surface area contributed by atoms with Gasteiger partial charge in [-0.25, -0.2) is 0 Å². The van der Waals surface area contributed by atoms with Crippen molar-refractivity contribution in [1.29, 1.82) is 0 Å². The van der Waals surface area contributed by atoms with E-state index in [1.165, 1.54) is 5.56 Å². The third-order valence-electron chi connectivity index (χ3n) is 2.99. The second-order valence-corrected chi connectivity index (χ2v) is 4.69. The second kappa shape index (κ2) is 5.96. The van der Waals surface area contributed by atoms with E-state index >= 15 is 0 Å². The Morgan fingerprint density at radius 2 is 2.00 bits per heavy atom. The van der Waals surface area contributed by atoms with Crippen LogP contribution < -0.4 is 11.3 Å². The number of hydrogen-bond acceptors (Lipinski definition) is 3. The first-order chi connectivity index (χ1) is 8.70. The summed E-state index contributed by atoms with van der Waals surface area (Å²) in [6.45, 7) is 1.99. The lowest BCUT2D eigenvalue weighted by atomic mass is 9.99. The number of halogens is 1. The number of pyridine rings is 1. The van der Waals surface area contributed by atoms with Crippen LogP contribution in [-0.2, 0) is 6.42 Å². The van der Waals surface area contributed by atoms with Crippen LogP contribution in [0.5, 0.6) is 0 Å². The van der Waals surface area contributed by atoms with E-state index in [2.05, 4.69) is 10.4 Å². The largest absolute Gasteiger partial charge is 0.271 e. The van der Waals surface area contributed by atoms with Crippen molar-refractivity contribution in [2.24, 2.45) is 5.84 Å². The third kappa shape index (κ3) is 3.07. The normalized spacial score (nSPS) is 12.4. The van der Waals surface area contributed by atoms with Crippen molar-refractivity contribution in [2.45, 2.75) is 19.4 Å². The standard InChI is InChI=1S/C14H16ClN3/c1-10-2-3-12(9-13(10)15)14(18-16)8-11-4-6-17-7-5-11/h2-7,9,14,18H,8,16H2,1H3. The van der Waals surface area contributed by atoms with Crippen molar-refractivity contribution in [2.75, 3.05) is 0 Å². The Morgan fingerprint density at radius 1 is 1.28 bits per heavy atom. The van der Waals surface area contributed by atoms with Gasteiger partial charge < -0.3 is 0 Å². The highest BCUT2D eigenvalue weighted by molar-refractivity contribution is 6.31. The molecule has 0 bridgehead atoms. The maximum Gasteiger partial charge on any atom is 0.0500 e. The smallest absolute Gasteiger partial charge is 0.0500 e. The van der Waals surface area contributed by atoms with Gasteiger partial charge in [0.1, 0.15) is 0 Å². The summed E-state index contributed by atoms with van der Waals surface area (Å²) in [5.41, 5.74) is 6.18. The first-order valence-electron chi connectivity index (χ1n) is 5.82. The van der Waals surface area contributed by atoms with Gasteiger partial charge in [0, 0.05) is 17.4 Å². The van der Waals surface area contributed by atoms with Gasteiger partial charge in [0.25, 0.3) is 0 Å². The fourth-order valence-electron chi connectivity index (χ4n) is 1.85. The van der Waals surface area contributed by atoms with Crippen molar-refractivity contribution in [3.8, 4) is 0 Å². The Kier molecular flexibility index (Phi) is 4.31. The zero-order valence-corrected chi connectivity index (χ0v) is 11.0. The molecule has 0 aliphatic rings. The van der Waals surface area contributed by atoms with Crippen LogP contribution in [-0.4, -0.2) is 4.98 Å². The molecule has 0 aliphatic heterocycles. The van der Waals surface area contributed by atoms with Crippen LogP contribution in [0.1, 0.15) is 22.7 Å². The van der Waals surface area contributed by atoms with Crippen molar-refractivity contribution < 1.29 is 0 Å². The van der Waals surface area contributed by atoms with Gasteiger partial charge in [0.15, 0.2) is 0 Å². The van der Waals surface area contributed by atoms with Gasteiger partial charge in [-0.2, -0.15) is 0 Å². The van der Waals surface area contributed by atoms with Gasteiger partial charge in [-0.1, -0.05) is 23.7 Å². The lowest BCUT2D eigenvalue weighted by Crippen LogP contribution is -2.29. The minimum atomic E-state index is 0.0468. The fraction of sp³-hybridized carbons (Fsp3) is 0.214. The van der Waals surface area contributed by atoms with E-state index in [1.807, 2.05) is 37.3 Å². The van der Waals surface area contributed by atoms with Crippen molar-refractivity contribution in [3.63, 3.8) is 0 Å². The van der Waals surface area contributed by atoms with Crippen molar-refractivity contribution in [3.05, 3.63) is 64.4 Å². The van der Waals surface area contributed by atoms with E-state index < -0.39 is 0 Å². The summed E-state index contributed by atoms with van der Waals surface area (Å²) in [7, 11) is 0. The first kappa shape index (κ1) is 13.0. The SMILES string of the molecule is Cc1ccc(C(Cc2ccncc2)NN)cc1Cl. The molecule has 18 heavy (non-hydrogen) atoms. The molecule has 0 saturated heterocycles. The Balaban J connectivity index is 2.20. The highest BCUT2D eigenvalue weighted by Crippen LogP contribution is 2.23. The number of aromatic nitrogens is 1. The van der Waals surface area contributed by atoms with Crippen molar-refractivity contribution in [1.82, 2.24) is 10.4 Å². The average Bonchev–Trinajstić information content (AvgIpc) is 2.40. The van der Waals surface area contributed by atoms with Crippen molar-refractivity contribution >= 4 is 11.6 Å². The van der Waals surface area contributed by atoms with Crippen LogP contribution in [0.4, 0.5) is 0 Å². The van der Waals surface area contributed by atoms with Crippen LogP contribution in [0.25, 0.3) is 0 Å². The van der Waals surface area contributed by atoms with E-state index in [-0.39, 0.29) is 6.04 Å². The maximum atomic E-state index is 6.14. The molecule has 0 aliphatic carbocycles. The molecule has 4 heteroatoms. The summed E-state index contributed by atoms with van der Waals surface area (Å²) in [4.78, 5) is 4.00. The topological polar surface area (TPSA) is 50.9 Å². The first-order valence-corrected chi connectivity index (χ1v) is 6.19. The van der Waals surface area contributed by atoms with E-state index in [4.69, 9.17) is 17.4 Å². The van der Waals surface area contributed by atoms with Crippen LogP contribution >= 0.6 is 11.6 Å². The van der Waals surface area contributed by atoms with Crippen LogP contribution in [0.2, 0.25) is 5.02 Å². The Morgan fingerprint density at radius 3 is 2.61 bits per heavy atom. The minimum Gasteiger partial charge on any atom is -0.271 e. The number of nitrogens with one attached hydrogen (secondary N) is 1. The molecule has 2 rings (SSSR count). The Labute approximate surface area is 112 Å². The number of aryl methyl sites for hydroxylation is 1. The number of rotatable bonds is 4. The molecule has 0 spiro atoms. The Hall–Kier alpha value is -1.42. The summed E-state index contributed by atoms with van der Waals surface area (Å²) < 4.78 is 0. The minimum absolute atomic E-state index is 0.0468. The molecule has 3 nitrogen and oxygen atoms in total. The Bertz CT molecular complexity index is 514. The zero-order chi connectivity index (χ0) is 13.0. The molecule has 1 unspecified atom stereocenters. The predicted molar refractivity (Wildman–Crippen MR) is 74.2 cm³/mol. The number of nitrogens with two attached hydrogens (primary N) is 1. The molecule has 0 saturated carbocycles. The number of nitrogens with zero attached hydrogens (tertiary/aromatic N) is 1. The summed E-state index contributed by atoms with van der Waals surface area (Å²) in [5.74, 6) is 5.63. The number of hydrogen-bond donors (Lipinski definition) is 2. The highest BCUT2D eigenvalue weighted by atomic mass is 35.5. The van der Waals surface area contributed by atoms with Crippen LogP contribution in [0.3, 0.4) is 0 Å². The van der Waals surface area contributed by atoms with Crippen LogP contribution in [0, 0.1) is 6.92 Å². The van der Waals surface area contributed by atoms with E-state index in [9.17, 15) is 0 Å². The van der Waals surface area contributed by atoms with Gasteiger partial charge in [0.05, 0.1) is 6.04 Å². The van der Waals surface area contributed by atoms with Gasteiger partial charge in [-0.05, 0) is 48.2 Å². The lowest BCUT2D eigenvalue weighted by Gasteiger charge is -2.17. The summed E-state index contributed by atoms with van der Waals surface area (Å²) in [5, 5.41) is 0.766. The van der Waals surface area contributed by atoms with Gasteiger partial charge in [0.2, 0.25) is 0 Å². The molecule has 0 radical (unpaired) electrons. The summed E-state index contributed by atoms with van der Waals surface area (Å²) >= 11 is 6.14. The summed E-state index contributed by atoms with van der Waals surface area (Å²) in [6.07, 6.45) is 4.37. The molecule has 1 heterocycles. The van der Waals surface area contributed by atoms with E-state index in [0.29, 0.717) is 0 Å². The molecule has 0 fully saturated rings. The molecule has 1 aromatic heterocycles. The number of benzene rings is 1. The second-order valence-electron chi connectivity index (χ2n) is 4.29. The van der Waals surface area contributed by atoms with E-state index in [0.717, 1.165) is 22.6 Å². The quantitative estimate of drug-likeness (QED) is 0.657. The maximum absolute atomic E-state index is 6.14. The zero-order valence-electron chi connectivity index (χ0n) is 10.2. The lowest BCUT2D eigenvalue weighted by molar-refractivity contribution is 0.551. The fourth-order valence-corrected chi connectivity index (χ4v) is 2.04. The van der Waals surface area contributed by atoms with Gasteiger partial charge >= 0.3 is 0 Å². The highest BCUT2D eigenvalue weighted by Gasteiger charge is 2.11. The molecule has 94 valence electrons. The third-order valence-corrected chi connectivity index (χ3v) is 3.40. The molecular formula is C14H16ClN3. The van der Waals surface area contributed by atoms with Crippen LogP contribution in [0.15, 0.2) is 42.7 Å². The predicted octanol–water partition coefficient (Wildman–Crippen LogP) is 2.79. The molecule has 1 aromatic carbocycles. The number of hydrazine groups is 1. The summed E-state index contributed by atoms with van der Waals surface area (Å²) in [6, 6.07) is 10.0. The van der Waals surface area contributed by atoms with E-state index in [1.54, 1.807) is 12.4 Å². The average molecular weight is 262 g/mol. The van der Waals surface area contributed by atoms with Gasteiger partial charge in [-0.15, -0.1) is 0 Å². The molecule has 0 amide bonds. The molecule has 1 atom stereocenters. The molecule has 3 N–H and O–H groups in total. The molecule has 2 aromatic rings.